The van der Waals surface area contributed by atoms with Crippen LogP contribution in [0.2, 0.25) is 10.0 Å². The van der Waals surface area contributed by atoms with Crippen LogP contribution in [-0.2, 0) is 4.79 Å². The molecule has 0 fully saturated rings. The van der Waals surface area contributed by atoms with Gasteiger partial charge in [0, 0.05) is 20.7 Å². The predicted octanol–water partition coefficient (Wildman–Crippen LogP) is 5.27. The first-order chi connectivity index (χ1) is 11.9. The number of hydrogen-bond acceptors (Lipinski definition) is 3. The zero-order chi connectivity index (χ0) is 18.2. The fraction of sp³-hybridized carbons (Fsp3) is 0.176. The SMILES string of the molecule is O=C(CCCOc1ccc(Cl)cc1Cl)NC(=S)Nc1ccc(I)cc1. The summed E-state index contributed by atoms with van der Waals surface area (Å²) in [6.45, 7) is 0.367. The van der Waals surface area contributed by atoms with E-state index in [4.69, 9.17) is 40.2 Å². The molecule has 0 saturated heterocycles. The zero-order valence-corrected chi connectivity index (χ0v) is 17.5. The molecule has 0 saturated carbocycles. The van der Waals surface area contributed by atoms with E-state index >= 15 is 0 Å². The van der Waals surface area contributed by atoms with Gasteiger partial charge in [0.25, 0.3) is 0 Å². The van der Waals surface area contributed by atoms with Crippen LogP contribution in [0.25, 0.3) is 0 Å². The van der Waals surface area contributed by atoms with Gasteiger partial charge in [-0.15, -0.1) is 0 Å². The van der Waals surface area contributed by atoms with Crippen LogP contribution in [0.4, 0.5) is 5.69 Å². The van der Waals surface area contributed by atoms with Gasteiger partial charge in [0.05, 0.1) is 11.6 Å². The van der Waals surface area contributed by atoms with Gasteiger partial charge in [-0.2, -0.15) is 0 Å². The monoisotopic (exact) mass is 508 g/mol. The van der Waals surface area contributed by atoms with Gasteiger partial charge in [-0.25, -0.2) is 0 Å². The summed E-state index contributed by atoms with van der Waals surface area (Å²) in [7, 11) is 0. The third-order valence-electron chi connectivity index (χ3n) is 3.05. The summed E-state index contributed by atoms with van der Waals surface area (Å²) in [4.78, 5) is 11.9. The maximum Gasteiger partial charge on any atom is 0.226 e. The average molecular weight is 509 g/mol. The number of hydrogen-bond donors (Lipinski definition) is 2. The molecule has 0 radical (unpaired) electrons. The molecule has 0 spiro atoms. The topological polar surface area (TPSA) is 50.4 Å². The first-order valence-electron chi connectivity index (χ1n) is 7.38. The minimum Gasteiger partial charge on any atom is -0.492 e. The first-order valence-corrected chi connectivity index (χ1v) is 9.62. The van der Waals surface area contributed by atoms with Crippen molar-refractivity contribution in [1.82, 2.24) is 5.32 Å². The average Bonchev–Trinajstić information content (AvgIpc) is 2.55. The van der Waals surface area contributed by atoms with Crippen molar-refractivity contribution in [2.45, 2.75) is 12.8 Å². The number of carbonyl (C=O) groups is 1. The fourth-order valence-electron chi connectivity index (χ4n) is 1.89. The summed E-state index contributed by atoms with van der Waals surface area (Å²) >= 11 is 19.2. The van der Waals surface area contributed by atoms with E-state index in [0.717, 1.165) is 9.26 Å². The molecular weight excluding hydrogens is 494 g/mol. The van der Waals surface area contributed by atoms with Crippen LogP contribution in [0.1, 0.15) is 12.8 Å². The number of ether oxygens (including phenoxy) is 1. The van der Waals surface area contributed by atoms with Gasteiger partial charge in [0.15, 0.2) is 5.11 Å². The van der Waals surface area contributed by atoms with Crippen LogP contribution in [0.5, 0.6) is 5.75 Å². The molecule has 0 heterocycles. The predicted molar refractivity (Wildman–Crippen MR) is 115 cm³/mol. The van der Waals surface area contributed by atoms with E-state index in [2.05, 4.69) is 33.2 Å². The van der Waals surface area contributed by atoms with E-state index in [1.165, 1.54) is 0 Å². The second kappa shape index (κ2) is 10.2. The standard InChI is InChI=1S/C17H15Cl2IN2O2S/c18-11-3-8-15(14(19)10-11)24-9-1-2-16(23)22-17(25)21-13-6-4-12(20)5-7-13/h3-8,10H,1-2,9H2,(H2,21,22,23,25). The number of benzene rings is 2. The second-order valence-electron chi connectivity index (χ2n) is 5.04. The lowest BCUT2D eigenvalue weighted by atomic mass is 10.3. The van der Waals surface area contributed by atoms with Gasteiger partial charge >= 0.3 is 0 Å². The Bertz CT molecular complexity index is 757. The number of halogens is 3. The number of anilines is 1. The van der Waals surface area contributed by atoms with Crippen molar-refractivity contribution in [1.29, 1.82) is 0 Å². The molecule has 0 aromatic heterocycles. The Balaban J connectivity index is 1.68. The Morgan fingerprint density at radius 2 is 1.88 bits per heavy atom. The van der Waals surface area contributed by atoms with Crippen molar-refractivity contribution < 1.29 is 9.53 Å². The minimum absolute atomic E-state index is 0.172. The minimum atomic E-state index is -0.172. The molecule has 0 aliphatic heterocycles. The summed E-state index contributed by atoms with van der Waals surface area (Å²) in [6, 6.07) is 12.7. The van der Waals surface area contributed by atoms with Crippen molar-refractivity contribution in [3.63, 3.8) is 0 Å². The normalized spacial score (nSPS) is 10.2. The molecule has 1 amide bonds. The van der Waals surface area contributed by atoms with Crippen LogP contribution in [0.3, 0.4) is 0 Å². The van der Waals surface area contributed by atoms with Gasteiger partial charge in [0.1, 0.15) is 5.75 Å². The lowest BCUT2D eigenvalue weighted by Gasteiger charge is -2.10. The summed E-state index contributed by atoms with van der Waals surface area (Å²) in [5, 5.41) is 6.87. The third kappa shape index (κ3) is 7.35. The molecule has 2 aromatic rings. The highest BCUT2D eigenvalue weighted by molar-refractivity contribution is 14.1. The van der Waals surface area contributed by atoms with Gasteiger partial charge in [0.2, 0.25) is 5.91 Å². The third-order valence-corrected chi connectivity index (χ3v) is 4.51. The highest BCUT2D eigenvalue weighted by Gasteiger charge is 2.06. The maximum atomic E-state index is 11.9. The van der Waals surface area contributed by atoms with E-state index in [1.54, 1.807) is 18.2 Å². The molecule has 0 unspecified atom stereocenters. The van der Waals surface area contributed by atoms with E-state index in [-0.39, 0.29) is 11.0 Å². The fourth-order valence-corrected chi connectivity index (χ4v) is 2.95. The van der Waals surface area contributed by atoms with Crippen molar-refractivity contribution >= 4 is 74.7 Å². The molecule has 0 aliphatic rings. The summed E-state index contributed by atoms with van der Waals surface area (Å²) < 4.78 is 6.66. The van der Waals surface area contributed by atoms with E-state index in [1.807, 2.05) is 24.3 Å². The number of nitrogens with one attached hydrogen (secondary N) is 2. The Labute approximate surface area is 175 Å². The first kappa shape index (κ1) is 20.2. The molecule has 0 atom stereocenters. The quantitative estimate of drug-likeness (QED) is 0.317. The summed E-state index contributed by atoms with van der Waals surface area (Å²) in [5.74, 6) is 0.371. The van der Waals surface area contributed by atoms with Gasteiger partial charge < -0.3 is 15.4 Å². The smallest absolute Gasteiger partial charge is 0.226 e. The lowest BCUT2D eigenvalue weighted by molar-refractivity contribution is -0.119. The summed E-state index contributed by atoms with van der Waals surface area (Å²) in [6.07, 6.45) is 0.830. The maximum absolute atomic E-state index is 11.9. The number of thiocarbonyl (C=S) groups is 1. The molecule has 8 heteroatoms. The lowest BCUT2D eigenvalue weighted by Crippen LogP contribution is -2.34. The van der Waals surface area contributed by atoms with Crippen LogP contribution in [0.15, 0.2) is 42.5 Å². The largest absolute Gasteiger partial charge is 0.492 e. The molecule has 0 aliphatic carbocycles. The Morgan fingerprint density at radius 3 is 2.56 bits per heavy atom. The molecule has 2 rings (SSSR count). The number of rotatable bonds is 6. The van der Waals surface area contributed by atoms with Gasteiger partial charge in [-0.3, -0.25) is 4.79 Å². The summed E-state index contributed by atoms with van der Waals surface area (Å²) in [5.41, 5.74) is 0.825. The van der Waals surface area contributed by atoms with Crippen molar-refractivity contribution in [3.05, 3.63) is 56.1 Å². The van der Waals surface area contributed by atoms with Crippen LogP contribution < -0.4 is 15.4 Å². The molecule has 0 bridgehead atoms. The Hall–Kier alpha value is -1.09. The Morgan fingerprint density at radius 1 is 1.16 bits per heavy atom. The van der Waals surface area contributed by atoms with Crippen molar-refractivity contribution in [3.8, 4) is 5.75 Å². The zero-order valence-electron chi connectivity index (χ0n) is 13.0. The molecule has 4 nitrogen and oxygen atoms in total. The molecule has 2 N–H and O–H groups in total. The highest BCUT2D eigenvalue weighted by atomic mass is 127. The van der Waals surface area contributed by atoms with Gasteiger partial charge in [-0.05, 0) is 83.7 Å². The van der Waals surface area contributed by atoms with E-state index < -0.39 is 0 Å². The molecule has 132 valence electrons. The highest BCUT2D eigenvalue weighted by Crippen LogP contribution is 2.27. The van der Waals surface area contributed by atoms with Crippen LogP contribution in [0, 0.1) is 3.57 Å². The van der Waals surface area contributed by atoms with Crippen molar-refractivity contribution in [2.75, 3.05) is 11.9 Å². The van der Waals surface area contributed by atoms with Gasteiger partial charge in [-0.1, -0.05) is 23.2 Å². The molecule has 2 aromatic carbocycles. The van der Waals surface area contributed by atoms with Crippen LogP contribution >= 0.6 is 58.0 Å². The van der Waals surface area contributed by atoms with E-state index in [0.29, 0.717) is 35.2 Å². The second-order valence-corrected chi connectivity index (χ2v) is 7.53. The molecule has 25 heavy (non-hydrogen) atoms. The molecular formula is C17H15Cl2IN2O2S. The Kier molecular flexibility index (Phi) is 8.21. The number of amides is 1. The van der Waals surface area contributed by atoms with Crippen LogP contribution in [-0.4, -0.2) is 17.6 Å². The van der Waals surface area contributed by atoms with E-state index in [9.17, 15) is 4.79 Å². The van der Waals surface area contributed by atoms with Crippen molar-refractivity contribution in [2.24, 2.45) is 0 Å². The number of carbonyl (C=O) groups excluding carboxylic acids is 1.